The highest BCUT2D eigenvalue weighted by Crippen LogP contribution is 2.53. The zero-order chi connectivity index (χ0) is 25.1. The number of amides is 1. The predicted octanol–water partition coefficient (Wildman–Crippen LogP) is 5.15. The maximum atomic E-state index is 13.2. The lowest BCUT2D eigenvalue weighted by molar-refractivity contribution is -0.149. The summed E-state index contributed by atoms with van der Waals surface area (Å²) in [5, 5.41) is 12.0. The second-order valence-electron chi connectivity index (χ2n) is 9.57. The summed E-state index contributed by atoms with van der Waals surface area (Å²) in [7, 11) is 0. The van der Waals surface area contributed by atoms with Gasteiger partial charge in [0.15, 0.2) is 0 Å². The van der Waals surface area contributed by atoms with Crippen LogP contribution in [0.2, 0.25) is 0 Å². The second-order valence-corrected chi connectivity index (χ2v) is 9.57. The van der Waals surface area contributed by atoms with Crippen LogP contribution in [-0.2, 0) is 26.5 Å². The normalized spacial score (nSPS) is 24.8. The molecule has 1 saturated heterocycles. The molecule has 1 N–H and O–H groups in total. The number of fused-ring (bicyclic) bond motifs is 1. The van der Waals surface area contributed by atoms with Crippen molar-refractivity contribution >= 4 is 12.1 Å². The summed E-state index contributed by atoms with van der Waals surface area (Å²) in [6.07, 6.45) is 0.568. The van der Waals surface area contributed by atoms with Gasteiger partial charge in [-0.25, -0.2) is 9.59 Å². The van der Waals surface area contributed by atoms with Gasteiger partial charge in [-0.15, -0.1) is 0 Å². The van der Waals surface area contributed by atoms with Crippen LogP contribution >= 0.6 is 0 Å². The minimum absolute atomic E-state index is 0.116. The molecule has 186 valence electrons. The highest BCUT2D eigenvalue weighted by molar-refractivity contribution is 5.83. The lowest BCUT2D eigenvalue weighted by atomic mass is 9.80. The Morgan fingerprint density at radius 2 is 1.64 bits per heavy atom. The molecule has 36 heavy (non-hydrogen) atoms. The van der Waals surface area contributed by atoms with E-state index in [-0.39, 0.29) is 31.6 Å². The number of nitrogens with zero attached hydrogens (tertiary/aromatic N) is 1. The van der Waals surface area contributed by atoms with Crippen molar-refractivity contribution in [2.75, 3.05) is 13.2 Å². The van der Waals surface area contributed by atoms with E-state index in [0.717, 1.165) is 22.3 Å². The van der Waals surface area contributed by atoms with Crippen LogP contribution in [0.3, 0.4) is 0 Å². The zero-order valence-corrected chi connectivity index (χ0v) is 20.4. The van der Waals surface area contributed by atoms with E-state index in [4.69, 9.17) is 9.47 Å². The number of ether oxygens (including phenoxy) is 2. The highest BCUT2D eigenvalue weighted by atomic mass is 16.6. The van der Waals surface area contributed by atoms with Crippen molar-refractivity contribution in [2.24, 2.45) is 11.8 Å². The molecule has 1 aliphatic heterocycles. The Labute approximate surface area is 211 Å². The predicted molar refractivity (Wildman–Crippen MR) is 136 cm³/mol. The maximum absolute atomic E-state index is 13.2. The van der Waals surface area contributed by atoms with Gasteiger partial charge in [-0.1, -0.05) is 78.9 Å². The van der Waals surface area contributed by atoms with Crippen molar-refractivity contribution in [2.45, 2.75) is 38.0 Å². The van der Waals surface area contributed by atoms with Gasteiger partial charge in [0.25, 0.3) is 0 Å². The Morgan fingerprint density at radius 3 is 2.36 bits per heavy atom. The minimum atomic E-state index is -1.16. The molecule has 3 aromatic carbocycles. The van der Waals surface area contributed by atoms with Crippen molar-refractivity contribution < 1.29 is 24.2 Å². The van der Waals surface area contributed by atoms with Crippen LogP contribution < -0.4 is 0 Å². The third kappa shape index (κ3) is 4.49. The van der Waals surface area contributed by atoms with Crippen LogP contribution in [0.15, 0.2) is 84.9 Å². The van der Waals surface area contributed by atoms with Gasteiger partial charge in [0.2, 0.25) is 0 Å². The Balaban J connectivity index is 1.41. The van der Waals surface area contributed by atoms with Crippen molar-refractivity contribution in [1.29, 1.82) is 0 Å². The van der Waals surface area contributed by atoms with Gasteiger partial charge in [0.05, 0.1) is 12.2 Å². The number of rotatable bonds is 6. The second kappa shape index (κ2) is 10.2. The summed E-state index contributed by atoms with van der Waals surface area (Å²) >= 11 is 0. The van der Waals surface area contributed by atoms with Crippen LogP contribution in [-0.4, -0.2) is 41.3 Å². The molecule has 3 aromatic rings. The van der Waals surface area contributed by atoms with E-state index in [1.54, 1.807) is 6.92 Å². The van der Waals surface area contributed by atoms with Crippen LogP contribution in [0.25, 0.3) is 11.1 Å². The molecule has 1 saturated carbocycles. The fourth-order valence-electron chi connectivity index (χ4n) is 5.83. The Kier molecular flexibility index (Phi) is 6.79. The molecular weight excluding hydrogens is 454 g/mol. The van der Waals surface area contributed by atoms with Crippen molar-refractivity contribution in [3.05, 3.63) is 96.1 Å². The number of aliphatic hydroxyl groups is 1. The summed E-state index contributed by atoms with van der Waals surface area (Å²) in [6.45, 7) is 2.32. The number of hydrogen-bond donors (Lipinski definition) is 1. The van der Waals surface area contributed by atoms with E-state index >= 15 is 0 Å². The SMILES string of the molecule is CCOC(=O)[C@@H]1[C@H]2CCC(O)(c3cccc(-c4ccccc4)c3)[C@H]2CN1C(=O)OCc1ccccc1. The Morgan fingerprint density at radius 1 is 0.944 bits per heavy atom. The Bertz CT molecular complexity index is 1210. The zero-order valence-electron chi connectivity index (χ0n) is 20.4. The quantitative estimate of drug-likeness (QED) is 0.489. The van der Waals surface area contributed by atoms with Gasteiger partial charge in [-0.05, 0) is 54.0 Å². The molecule has 1 amide bonds. The average Bonchev–Trinajstić information content (AvgIpc) is 3.47. The molecule has 1 aliphatic carbocycles. The van der Waals surface area contributed by atoms with Gasteiger partial charge in [0.1, 0.15) is 12.6 Å². The molecule has 2 aliphatic rings. The topological polar surface area (TPSA) is 76.1 Å². The molecule has 2 fully saturated rings. The molecule has 5 rings (SSSR count). The van der Waals surface area contributed by atoms with E-state index in [0.29, 0.717) is 12.8 Å². The largest absolute Gasteiger partial charge is 0.464 e. The molecule has 1 heterocycles. The standard InChI is InChI=1S/C30H31NO5/c1-2-35-28(32)27-25-16-17-30(34,24-15-9-14-23(18-24)22-12-7-4-8-13-22)26(25)19-31(27)29(33)36-20-21-10-5-3-6-11-21/h3-15,18,25-27,34H,2,16-17,19-20H2,1H3/t25-,26-,27-,30?/m0/s1. The third-order valence-corrected chi connectivity index (χ3v) is 7.56. The lowest BCUT2D eigenvalue weighted by Crippen LogP contribution is -2.44. The maximum Gasteiger partial charge on any atom is 0.410 e. The molecule has 6 nitrogen and oxygen atoms in total. The van der Waals surface area contributed by atoms with Crippen molar-refractivity contribution in [3.63, 3.8) is 0 Å². The monoisotopic (exact) mass is 485 g/mol. The van der Waals surface area contributed by atoms with Crippen LogP contribution in [0, 0.1) is 11.8 Å². The fraction of sp³-hybridized carbons (Fsp3) is 0.333. The number of carbonyl (C=O) groups is 2. The summed E-state index contributed by atoms with van der Waals surface area (Å²) in [5.74, 6) is -0.954. The highest BCUT2D eigenvalue weighted by Gasteiger charge is 2.60. The van der Waals surface area contributed by atoms with Crippen molar-refractivity contribution in [3.8, 4) is 11.1 Å². The van der Waals surface area contributed by atoms with Gasteiger partial charge in [-0.3, -0.25) is 4.90 Å². The van der Waals surface area contributed by atoms with Crippen molar-refractivity contribution in [1.82, 2.24) is 4.90 Å². The number of carbonyl (C=O) groups excluding carboxylic acids is 2. The molecule has 4 atom stereocenters. The molecule has 0 aromatic heterocycles. The van der Waals surface area contributed by atoms with Gasteiger partial charge in [0, 0.05) is 12.5 Å². The average molecular weight is 486 g/mol. The molecule has 6 heteroatoms. The summed E-state index contributed by atoms with van der Waals surface area (Å²) < 4.78 is 10.9. The molecule has 0 bridgehead atoms. The van der Waals surface area contributed by atoms with Gasteiger partial charge < -0.3 is 14.6 Å². The van der Waals surface area contributed by atoms with E-state index < -0.39 is 23.7 Å². The van der Waals surface area contributed by atoms with E-state index in [2.05, 4.69) is 0 Å². The van der Waals surface area contributed by atoms with Crippen LogP contribution in [0.4, 0.5) is 4.79 Å². The van der Waals surface area contributed by atoms with Gasteiger partial charge >= 0.3 is 12.1 Å². The van der Waals surface area contributed by atoms with E-state index in [9.17, 15) is 14.7 Å². The number of likely N-dealkylation sites (tertiary alicyclic amines) is 1. The number of esters is 1. The molecule has 0 spiro atoms. The van der Waals surface area contributed by atoms with Gasteiger partial charge in [-0.2, -0.15) is 0 Å². The smallest absolute Gasteiger partial charge is 0.410 e. The first kappa shape index (κ1) is 24.1. The molecule has 1 unspecified atom stereocenters. The number of benzene rings is 3. The molecule has 0 radical (unpaired) electrons. The fourth-order valence-corrected chi connectivity index (χ4v) is 5.83. The summed E-state index contributed by atoms with van der Waals surface area (Å²) in [5.41, 5.74) is 2.60. The lowest BCUT2D eigenvalue weighted by Gasteiger charge is -2.31. The van der Waals surface area contributed by atoms with Crippen LogP contribution in [0.5, 0.6) is 0 Å². The minimum Gasteiger partial charge on any atom is -0.464 e. The third-order valence-electron chi connectivity index (χ3n) is 7.56. The Hall–Kier alpha value is -3.64. The summed E-state index contributed by atoms with van der Waals surface area (Å²) in [4.78, 5) is 27.6. The first-order valence-corrected chi connectivity index (χ1v) is 12.5. The number of hydrogen-bond acceptors (Lipinski definition) is 5. The first-order valence-electron chi connectivity index (χ1n) is 12.5. The van der Waals surface area contributed by atoms with E-state index in [1.165, 1.54) is 4.90 Å². The first-order chi connectivity index (χ1) is 17.5. The summed E-state index contributed by atoms with van der Waals surface area (Å²) in [6, 6.07) is 26.6. The van der Waals surface area contributed by atoms with E-state index in [1.807, 2.05) is 84.9 Å². The van der Waals surface area contributed by atoms with Crippen LogP contribution in [0.1, 0.15) is 30.9 Å². The molecular formula is C30H31NO5.